The Hall–Kier alpha value is -2.12. The zero-order chi connectivity index (χ0) is 14.6. The van der Waals surface area contributed by atoms with Crippen LogP contribution in [0.5, 0.6) is 0 Å². The number of nitrogens with one attached hydrogen (secondary N) is 1. The average molecular weight is 269 g/mol. The van der Waals surface area contributed by atoms with Crippen molar-refractivity contribution in [2.75, 3.05) is 25.6 Å². The summed E-state index contributed by atoms with van der Waals surface area (Å²) in [5.41, 5.74) is 1.44. The van der Waals surface area contributed by atoms with Crippen molar-refractivity contribution >= 4 is 16.7 Å². The monoisotopic (exact) mass is 269 g/mol. The van der Waals surface area contributed by atoms with Crippen molar-refractivity contribution in [3.05, 3.63) is 35.9 Å². The summed E-state index contributed by atoms with van der Waals surface area (Å²) >= 11 is 0. The van der Waals surface area contributed by atoms with Crippen molar-refractivity contribution in [2.45, 2.75) is 13.8 Å². The summed E-state index contributed by atoms with van der Waals surface area (Å²) in [4.78, 5) is 4.53. The minimum Gasteiger partial charge on any atom is -0.384 e. The van der Waals surface area contributed by atoms with Crippen LogP contribution in [0.2, 0.25) is 0 Å². The maximum Gasteiger partial charge on any atom is 0.144 e. The lowest BCUT2D eigenvalue weighted by Gasteiger charge is -2.24. The van der Waals surface area contributed by atoms with E-state index in [-0.39, 0.29) is 5.41 Å². The number of pyridine rings is 1. The highest BCUT2D eigenvalue weighted by Crippen LogP contribution is 2.22. The summed E-state index contributed by atoms with van der Waals surface area (Å²) in [6, 6.07) is 11.9. The van der Waals surface area contributed by atoms with Gasteiger partial charge in [0.1, 0.15) is 11.9 Å². The molecule has 4 nitrogen and oxygen atoms in total. The number of anilines is 1. The first-order valence-corrected chi connectivity index (χ1v) is 6.58. The maximum atomic E-state index is 9.26. The normalized spacial score (nSPS) is 11.3. The number of benzene rings is 1. The summed E-state index contributed by atoms with van der Waals surface area (Å²) in [5.74, 6) is 0.635. The molecule has 0 aliphatic carbocycles. The smallest absolute Gasteiger partial charge is 0.144 e. The SMILES string of the molecule is COCC(C)(C)CNc1nc2ccccc2cc1C#N. The number of hydrogen-bond acceptors (Lipinski definition) is 4. The fraction of sp³-hybridized carbons (Fsp3) is 0.375. The van der Waals surface area contributed by atoms with Gasteiger partial charge in [-0.25, -0.2) is 4.98 Å². The van der Waals surface area contributed by atoms with Crippen LogP contribution in [-0.2, 0) is 4.74 Å². The molecule has 0 saturated carbocycles. The van der Waals surface area contributed by atoms with Gasteiger partial charge in [-0.05, 0) is 12.1 Å². The Bertz CT molecular complexity index is 644. The van der Waals surface area contributed by atoms with Crippen molar-refractivity contribution in [3.8, 4) is 6.07 Å². The quantitative estimate of drug-likeness (QED) is 0.905. The number of rotatable bonds is 5. The molecule has 104 valence electrons. The molecule has 0 unspecified atom stereocenters. The van der Waals surface area contributed by atoms with Gasteiger partial charge in [0.15, 0.2) is 0 Å². The highest BCUT2D eigenvalue weighted by Gasteiger charge is 2.18. The zero-order valence-corrected chi connectivity index (χ0v) is 12.1. The van der Waals surface area contributed by atoms with E-state index in [0.29, 0.717) is 24.5 Å². The van der Waals surface area contributed by atoms with Gasteiger partial charge in [-0.15, -0.1) is 0 Å². The van der Waals surface area contributed by atoms with E-state index in [1.165, 1.54) is 0 Å². The molecular formula is C16H19N3O. The summed E-state index contributed by atoms with van der Waals surface area (Å²) in [5, 5.41) is 13.5. The lowest BCUT2D eigenvalue weighted by Crippen LogP contribution is -2.28. The van der Waals surface area contributed by atoms with Crippen LogP contribution >= 0.6 is 0 Å². The lowest BCUT2D eigenvalue weighted by molar-refractivity contribution is 0.112. The van der Waals surface area contributed by atoms with Crippen LogP contribution in [0.4, 0.5) is 5.82 Å². The minimum atomic E-state index is -0.0190. The number of hydrogen-bond donors (Lipinski definition) is 1. The molecule has 2 rings (SSSR count). The molecule has 20 heavy (non-hydrogen) atoms. The first-order chi connectivity index (χ1) is 9.55. The van der Waals surface area contributed by atoms with Crippen molar-refractivity contribution in [2.24, 2.45) is 5.41 Å². The molecule has 0 amide bonds. The highest BCUT2D eigenvalue weighted by atomic mass is 16.5. The fourth-order valence-corrected chi connectivity index (χ4v) is 2.10. The Balaban J connectivity index is 2.27. The summed E-state index contributed by atoms with van der Waals surface area (Å²) < 4.78 is 5.20. The summed E-state index contributed by atoms with van der Waals surface area (Å²) in [6.45, 7) is 5.56. The van der Waals surface area contributed by atoms with Gasteiger partial charge in [0.05, 0.1) is 17.7 Å². The van der Waals surface area contributed by atoms with Gasteiger partial charge in [-0.2, -0.15) is 5.26 Å². The Morgan fingerprint density at radius 1 is 1.35 bits per heavy atom. The number of ether oxygens (including phenoxy) is 1. The predicted molar refractivity (Wildman–Crippen MR) is 80.6 cm³/mol. The van der Waals surface area contributed by atoms with E-state index in [1.807, 2.05) is 30.3 Å². The van der Waals surface area contributed by atoms with E-state index in [1.54, 1.807) is 7.11 Å². The number of nitriles is 1. The van der Waals surface area contributed by atoms with Crippen LogP contribution in [0.1, 0.15) is 19.4 Å². The molecular weight excluding hydrogens is 250 g/mol. The van der Waals surface area contributed by atoms with Gasteiger partial charge >= 0.3 is 0 Å². The second-order valence-corrected chi connectivity index (χ2v) is 5.64. The minimum absolute atomic E-state index is 0.0190. The van der Waals surface area contributed by atoms with Gasteiger partial charge in [-0.3, -0.25) is 0 Å². The molecule has 0 saturated heterocycles. The molecule has 2 aromatic rings. The number of para-hydroxylation sites is 1. The van der Waals surface area contributed by atoms with E-state index in [0.717, 1.165) is 10.9 Å². The van der Waals surface area contributed by atoms with Gasteiger partial charge in [0.2, 0.25) is 0 Å². The van der Waals surface area contributed by atoms with Crippen molar-refractivity contribution in [3.63, 3.8) is 0 Å². The largest absolute Gasteiger partial charge is 0.384 e. The third-order valence-electron chi connectivity index (χ3n) is 3.11. The van der Waals surface area contributed by atoms with E-state index in [9.17, 15) is 5.26 Å². The Morgan fingerprint density at radius 3 is 2.80 bits per heavy atom. The summed E-state index contributed by atoms with van der Waals surface area (Å²) in [6.07, 6.45) is 0. The van der Waals surface area contributed by atoms with Crippen LogP contribution in [0.15, 0.2) is 30.3 Å². The molecule has 0 spiro atoms. The first-order valence-electron chi connectivity index (χ1n) is 6.58. The van der Waals surface area contributed by atoms with Gasteiger partial charge < -0.3 is 10.1 Å². The molecule has 0 aliphatic rings. The van der Waals surface area contributed by atoms with Gasteiger partial charge in [-0.1, -0.05) is 32.0 Å². The first kappa shape index (κ1) is 14.3. The van der Waals surface area contributed by atoms with Crippen LogP contribution in [-0.4, -0.2) is 25.2 Å². The second kappa shape index (κ2) is 5.89. The molecule has 0 aliphatic heterocycles. The number of methoxy groups -OCH3 is 1. The van der Waals surface area contributed by atoms with Crippen molar-refractivity contribution < 1.29 is 4.74 Å². The van der Waals surface area contributed by atoms with Crippen molar-refractivity contribution in [1.82, 2.24) is 4.98 Å². The average Bonchev–Trinajstić information content (AvgIpc) is 2.44. The van der Waals surface area contributed by atoms with Crippen molar-refractivity contribution in [1.29, 1.82) is 5.26 Å². The predicted octanol–water partition coefficient (Wildman–Crippen LogP) is 3.19. The Morgan fingerprint density at radius 2 is 2.10 bits per heavy atom. The van der Waals surface area contributed by atoms with E-state index < -0.39 is 0 Å². The van der Waals surface area contributed by atoms with Crippen LogP contribution in [0.3, 0.4) is 0 Å². The third-order valence-corrected chi connectivity index (χ3v) is 3.11. The van der Waals surface area contributed by atoms with Crippen LogP contribution in [0, 0.1) is 16.7 Å². The molecule has 1 N–H and O–H groups in total. The second-order valence-electron chi connectivity index (χ2n) is 5.64. The lowest BCUT2D eigenvalue weighted by atomic mass is 9.95. The molecule has 1 heterocycles. The zero-order valence-electron chi connectivity index (χ0n) is 12.1. The van der Waals surface area contributed by atoms with Crippen LogP contribution in [0.25, 0.3) is 10.9 Å². The van der Waals surface area contributed by atoms with E-state index >= 15 is 0 Å². The third kappa shape index (κ3) is 3.25. The Kier molecular flexibility index (Phi) is 4.21. The molecule has 0 bridgehead atoms. The standard InChI is InChI=1S/C16H19N3O/c1-16(2,11-20-3)10-18-15-13(9-17)8-12-6-4-5-7-14(12)19-15/h4-8H,10-11H2,1-3H3,(H,18,19). The molecule has 0 atom stereocenters. The molecule has 1 aromatic heterocycles. The Labute approximate surface area is 119 Å². The molecule has 4 heteroatoms. The number of aromatic nitrogens is 1. The summed E-state index contributed by atoms with van der Waals surface area (Å²) in [7, 11) is 1.69. The fourth-order valence-electron chi connectivity index (χ4n) is 2.10. The number of nitrogens with zero attached hydrogens (tertiary/aromatic N) is 2. The van der Waals surface area contributed by atoms with E-state index in [4.69, 9.17) is 4.74 Å². The highest BCUT2D eigenvalue weighted by molar-refractivity contribution is 5.82. The topological polar surface area (TPSA) is 57.9 Å². The molecule has 0 fully saturated rings. The number of fused-ring (bicyclic) bond motifs is 1. The van der Waals surface area contributed by atoms with Gasteiger partial charge in [0.25, 0.3) is 0 Å². The van der Waals surface area contributed by atoms with Gasteiger partial charge in [0, 0.05) is 24.5 Å². The maximum absolute atomic E-state index is 9.26. The van der Waals surface area contributed by atoms with Crippen LogP contribution < -0.4 is 5.32 Å². The molecule has 1 aromatic carbocycles. The molecule has 0 radical (unpaired) electrons. The van der Waals surface area contributed by atoms with E-state index in [2.05, 4.69) is 30.2 Å².